The number of carbonyl (C=O) groups excluding carboxylic acids is 2. The molecule has 178 valence electrons. The lowest BCUT2D eigenvalue weighted by Crippen LogP contribution is -2.48. The van der Waals surface area contributed by atoms with E-state index in [0.29, 0.717) is 34.5 Å². The Morgan fingerprint density at radius 3 is 2.41 bits per heavy atom. The highest BCUT2D eigenvalue weighted by Gasteiger charge is 2.28. The molecule has 3 N–H and O–H groups in total. The lowest BCUT2D eigenvalue weighted by Gasteiger charge is -2.38. The minimum absolute atomic E-state index is 0.106. The van der Waals surface area contributed by atoms with E-state index >= 15 is 0 Å². The van der Waals surface area contributed by atoms with Gasteiger partial charge in [-0.15, -0.1) is 0 Å². The van der Waals surface area contributed by atoms with Gasteiger partial charge in [0.2, 0.25) is 0 Å². The molecule has 32 heavy (non-hydrogen) atoms. The number of likely N-dealkylation sites (tertiary alicyclic amines) is 2. The number of nitrogens with one attached hydrogen (secondary N) is 1. The average molecular weight is 466 g/mol. The predicted molar refractivity (Wildman–Crippen MR) is 127 cm³/mol. The van der Waals surface area contributed by atoms with Crippen LogP contribution in [0.25, 0.3) is 0 Å². The first-order valence-corrected chi connectivity index (χ1v) is 11.9. The summed E-state index contributed by atoms with van der Waals surface area (Å²) in [4.78, 5) is 31.0. The number of piperidine rings is 2. The van der Waals surface area contributed by atoms with Gasteiger partial charge in [0.05, 0.1) is 22.9 Å². The van der Waals surface area contributed by atoms with Gasteiger partial charge in [0.15, 0.2) is 0 Å². The molecule has 2 aliphatic heterocycles. The number of hydrogen-bond donors (Lipinski definition) is 2. The number of benzene rings is 1. The van der Waals surface area contributed by atoms with Gasteiger partial charge >= 0.3 is 6.03 Å². The van der Waals surface area contributed by atoms with Crippen LogP contribution in [-0.2, 0) is 0 Å². The topological polar surface area (TPSA) is 91.1 Å². The molecule has 0 saturated carbocycles. The molecule has 2 aliphatic rings. The lowest BCUT2D eigenvalue weighted by atomic mass is 9.94. The van der Waals surface area contributed by atoms with E-state index in [0.717, 1.165) is 58.4 Å². The van der Waals surface area contributed by atoms with E-state index in [4.69, 9.17) is 22.1 Å². The van der Waals surface area contributed by atoms with E-state index < -0.39 is 0 Å². The maximum Gasteiger partial charge on any atom is 0.319 e. The molecule has 0 bridgehead atoms. The van der Waals surface area contributed by atoms with Crippen molar-refractivity contribution in [2.45, 2.75) is 38.6 Å². The van der Waals surface area contributed by atoms with Crippen molar-refractivity contribution in [2.24, 2.45) is 5.92 Å². The second-order valence-electron chi connectivity index (χ2n) is 8.96. The Hall–Kier alpha value is -2.19. The lowest BCUT2D eigenvalue weighted by molar-refractivity contribution is 0.0887. The zero-order valence-electron chi connectivity index (χ0n) is 19.4. The van der Waals surface area contributed by atoms with Crippen LogP contribution in [0.2, 0.25) is 5.02 Å². The van der Waals surface area contributed by atoms with Crippen LogP contribution in [0.15, 0.2) is 12.1 Å². The number of hydrogen-bond acceptors (Lipinski definition) is 5. The average Bonchev–Trinajstić information content (AvgIpc) is 2.77. The van der Waals surface area contributed by atoms with Crippen LogP contribution < -0.4 is 15.8 Å². The maximum absolute atomic E-state index is 12.9. The minimum atomic E-state index is -0.174. The molecule has 1 aromatic rings. The summed E-state index contributed by atoms with van der Waals surface area (Å²) >= 11 is 6.13. The van der Waals surface area contributed by atoms with Gasteiger partial charge in [-0.25, -0.2) is 4.79 Å². The van der Waals surface area contributed by atoms with Crippen LogP contribution in [0.5, 0.6) is 5.75 Å². The van der Waals surface area contributed by atoms with Crippen molar-refractivity contribution >= 4 is 29.2 Å². The van der Waals surface area contributed by atoms with Gasteiger partial charge in [-0.05, 0) is 44.6 Å². The molecule has 0 radical (unpaired) electrons. The van der Waals surface area contributed by atoms with Crippen molar-refractivity contribution in [1.29, 1.82) is 0 Å². The summed E-state index contributed by atoms with van der Waals surface area (Å²) in [6, 6.07) is 3.43. The number of halogens is 1. The highest BCUT2D eigenvalue weighted by molar-refractivity contribution is 6.33. The molecular weight excluding hydrogens is 430 g/mol. The number of rotatable bonds is 6. The fraction of sp³-hybridized carbons (Fsp3) is 0.652. The van der Waals surface area contributed by atoms with Gasteiger partial charge in [-0.2, -0.15) is 0 Å². The van der Waals surface area contributed by atoms with E-state index in [2.05, 4.69) is 10.2 Å². The SMILES string of the molecule is CCOc1cc(N)c(Cl)cc1C(=O)NC1CCN(CC2CCN(C(=O)N(C)C)CC2)CC1. The first kappa shape index (κ1) is 24.5. The van der Waals surface area contributed by atoms with E-state index in [9.17, 15) is 9.59 Å². The molecule has 0 atom stereocenters. The summed E-state index contributed by atoms with van der Waals surface area (Å²) in [6.45, 7) is 6.97. The Bertz CT molecular complexity index is 803. The number of nitrogen functional groups attached to an aromatic ring is 1. The predicted octanol–water partition coefficient (Wildman–Crippen LogP) is 2.91. The Morgan fingerprint density at radius 2 is 1.81 bits per heavy atom. The standard InChI is InChI=1S/C23H36ClN5O3/c1-4-32-21-14-20(25)19(24)13-18(21)22(30)26-17-7-9-28(10-8-17)15-16-5-11-29(12-6-16)23(31)27(2)3/h13-14,16-17H,4-12,15,25H2,1-3H3,(H,26,30). The van der Waals surface area contributed by atoms with Crippen LogP contribution in [0.4, 0.5) is 10.5 Å². The first-order valence-electron chi connectivity index (χ1n) is 11.5. The van der Waals surface area contributed by atoms with E-state index in [1.807, 2.05) is 11.8 Å². The third-order valence-electron chi connectivity index (χ3n) is 6.35. The van der Waals surface area contributed by atoms with Gasteiger partial charge in [0, 0.05) is 58.9 Å². The molecule has 0 spiro atoms. The van der Waals surface area contributed by atoms with E-state index in [-0.39, 0.29) is 18.0 Å². The van der Waals surface area contributed by atoms with Crippen molar-refractivity contribution in [3.8, 4) is 5.75 Å². The molecule has 0 aromatic heterocycles. The van der Waals surface area contributed by atoms with Crippen molar-refractivity contribution in [3.05, 3.63) is 22.7 Å². The second kappa shape index (κ2) is 11.1. The van der Waals surface area contributed by atoms with Crippen LogP contribution in [0.3, 0.4) is 0 Å². The second-order valence-corrected chi connectivity index (χ2v) is 9.37. The molecule has 3 rings (SSSR count). The number of amides is 3. The van der Waals surface area contributed by atoms with E-state index in [1.165, 1.54) is 0 Å². The van der Waals surface area contributed by atoms with Crippen LogP contribution in [-0.4, -0.2) is 86.1 Å². The maximum atomic E-state index is 12.9. The highest BCUT2D eigenvalue weighted by atomic mass is 35.5. The molecule has 1 aromatic carbocycles. The molecule has 2 heterocycles. The molecule has 3 amide bonds. The normalized spacial score (nSPS) is 18.4. The van der Waals surface area contributed by atoms with Gasteiger partial charge < -0.3 is 30.5 Å². The number of nitrogens with zero attached hydrogens (tertiary/aromatic N) is 3. The van der Waals surface area contributed by atoms with Crippen molar-refractivity contribution in [3.63, 3.8) is 0 Å². The van der Waals surface area contributed by atoms with Gasteiger partial charge in [0.25, 0.3) is 5.91 Å². The Balaban J connectivity index is 1.45. The minimum Gasteiger partial charge on any atom is -0.493 e. The number of carbonyl (C=O) groups is 2. The molecule has 0 unspecified atom stereocenters. The summed E-state index contributed by atoms with van der Waals surface area (Å²) in [7, 11) is 3.60. The fourth-order valence-corrected chi connectivity index (χ4v) is 4.66. The Morgan fingerprint density at radius 1 is 1.16 bits per heavy atom. The van der Waals surface area contributed by atoms with Crippen LogP contribution >= 0.6 is 11.6 Å². The highest BCUT2D eigenvalue weighted by Crippen LogP contribution is 2.29. The molecular formula is C23H36ClN5O3. The molecule has 0 aliphatic carbocycles. The summed E-state index contributed by atoms with van der Waals surface area (Å²) in [5, 5.41) is 3.49. The summed E-state index contributed by atoms with van der Waals surface area (Å²) in [5.41, 5.74) is 6.68. The molecule has 2 fully saturated rings. The summed E-state index contributed by atoms with van der Waals surface area (Å²) in [5.74, 6) is 0.910. The van der Waals surface area contributed by atoms with Gasteiger partial charge in [-0.3, -0.25) is 4.79 Å². The Kier molecular flexibility index (Phi) is 8.48. The van der Waals surface area contributed by atoms with Gasteiger partial charge in [0.1, 0.15) is 5.75 Å². The van der Waals surface area contributed by atoms with Crippen LogP contribution in [0, 0.1) is 5.92 Å². The van der Waals surface area contributed by atoms with Gasteiger partial charge in [-0.1, -0.05) is 11.6 Å². The van der Waals surface area contributed by atoms with Crippen molar-refractivity contribution in [1.82, 2.24) is 20.0 Å². The molecule has 8 nitrogen and oxygen atoms in total. The Labute approximate surface area is 196 Å². The monoisotopic (exact) mass is 465 g/mol. The van der Waals surface area contributed by atoms with E-state index in [1.54, 1.807) is 31.1 Å². The number of nitrogens with two attached hydrogens (primary N) is 1. The fourth-order valence-electron chi connectivity index (χ4n) is 4.50. The summed E-state index contributed by atoms with van der Waals surface area (Å²) in [6.07, 6.45) is 3.93. The number of urea groups is 1. The smallest absolute Gasteiger partial charge is 0.319 e. The zero-order valence-corrected chi connectivity index (χ0v) is 20.2. The van der Waals surface area contributed by atoms with Crippen LogP contribution in [0.1, 0.15) is 43.0 Å². The zero-order chi connectivity index (χ0) is 23.3. The first-order chi connectivity index (χ1) is 15.3. The third kappa shape index (κ3) is 6.19. The molecule has 2 saturated heterocycles. The largest absolute Gasteiger partial charge is 0.493 e. The van der Waals surface area contributed by atoms with Crippen molar-refractivity contribution in [2.75, 3.05) is 59.2 Å². The molecule has 9 heteroatoms. The third-order valence-corrected chi connectivity index (χ3v) is 6.68. The quantitative estimate of drug-likeness (QED) is 0.630. The summed E-state index contributed by atoms with van der Waals surface area (Å²) < 4.78 is 5.59. The number of ether oxygens (including phenoxy) is 1. The number of anilines is 1. The van der Waals surface area contributed by atoms with Crippen molar-refractivity contribution < 1.29 is 14.3 Å².